The largest absolute Gasteiger partial charge is 0.454 e. The van der Waals surface area contributed by atoms with Crippen LogP contribution in [0.4, 0.5) is 0 Å². The first-order valence-electron chi connectivity index (χ1n) is 8.19. The number of fused-ring (bicyclic) bond motifs is 1. The average molecular weight is 347 g/mol. The molecule has 0 unspecified atom stereocenters. The second-order valence-corrected chi connectivity index (χ2v) is 6.47. The molecule has 1 aliphatic carbocycles. The van der Waals surface area contributed by atoms with Gasteiger partial charge in [-0.25, -0.2) is 0 Å². The fraction of sp³-hybridized carbons (Fsp3) is 0.444. The van der Waals surface area contributed by atoms with Crippen molar-refractivity contribution in [1.82, 2.24) is 5.32 Å². The van der Waals surface area contributed by atoms with Crippen molar-refractivity contribution < 1.29 is 14.3 Å². The molecule has 2 aliphatic rings. The average Bonchev–Trinajstić information content (AvgIpc) is 2.86. The summed E-state index contributed by atoms with van der Waals surface area (Å²) in [5.74, 6) is 0.781. The zero-order chi connectivity index (χ0) is 16.9. The van der Waals surface area contributed by atoms with E-state index in [1.54, 1.807) is 12.1 Å². The maximum absolute atomic E-state index is 12.4. The van der Waals surface area contributed by atoms with Crippen LogP contribution in [0.15, 0.2) is 17.7 Å². The van der Waals surface area contributed by atoms with Gasteiger partial charge < -0.3 is 14.8 Å². The van der Waals surface area contributed by atoms with E-state index in [0.717, 1.165) is 25.7 Å². The van der Waals surface area contributed by atoms with Gasteiger partial charge in [-0.05, 0) is 30.5 Å². The molecule has 0 radical (unpaired) electrons. The van der Waals surface area contributed by atoms with Gasteiger partial charge in [0, 0.05) is 12.1 Å². The maximum atomic E-state index is 12.4. The van der Waals surface area contributed by atoms with Gasteiger partial charge >= 0.3 is 0 Å². The molecular weight excluding hydrogens is 328 g/mol. The number of nitrogens with one attached hydrogen (secondary N) is 1. The van der Waals surface area contributed by atoms with Gasteiger partial charge in [0.25, 0.3) is 5.91 Å². The molecule has 1 aromatic carbocycles. The van der Waals surface area contributed by atoms with E-state index in [1.165, 1.54) is 18.9 Å². The number of amides is 1. The van der Waals surface area contributed by atoms with Gasteiger partial charge in [0.15, 0.2) is 11.5 Å². The summed E-state index contributed by atoms with van der Waals surface area (Å²) in [4.78, 5) is 12.4. The molecule has 0 bridgehead atoms. The minimum atomic E-state index is -0.349. The van der Waals surface area contributed by atoms with Gasteiger partial charge in [-0.3, -0.25) is 4.79 Å². The van der Waals surface area contributed by atoms with Crippen LogP contribution in [0.25, 0.3) is 6.08 Å². The third-order valence-electron chi connectivity index (χ3n) is 4.35. The van der Waals surface area contributed by atoms with E-state index in [2.05, 4.69) is 5.32 Å². The van der Waals surface area contributed by atoms with Crippen molar-refractivity contribution in [2.24, 2.45) is 0 Å². The summed E-state index contributed by atoms with van der Waals surface area (Å²) in [6, 6.07) is 5.43. The third-order valence-corrected chi connectivity index (χ3v) is 4.67. The van der Waals surface area contributed by atoms with E-state index in [-0.39, 0.29) is 24.3 Å². The highest BCUT2D eigenvalue weighted by atomic mass is 35.5. The number of ether oxygens (including phenoxy) is 2. The van der Waals surface area contributed by atoms with Crippen LogP contribution >= 0.6 is 11.6 Å². The minimum Gasteiger partial charge on any atom is -0.454 e. The molecule has 6 heteroatoms. The number of rotatable bonds is 3. The van der Waals surface area contributed by atoms with Crippen molar-refractivity contribution in [3.63, 3.8) is 0 Å². The number of carbonyl (C=O) groups excluding carboxylic acids is 1. The van der Waals surface area contributed by atoms with Crippen LogP contribution in [0.1, 0.15) is 44.1 Å². The smallest absolute Gasteiger partial charge is 0.262 e. The van der Waals surface area contributed by atoms with E-state index in [0.29, 0.717) is 22.1 Å². The number of nitriles is 1. The first-order chi connectivity index (χ1) is 11.7. The van der Waals surface area contributed by atoms with Gasteiger partial charge in [0.05, 0.1) is 5.02 Å². The van der Waals surface area contributed by atoms with Gasteiger partial charge in [-0.2, -0.15) is 5.26 Å². The molecule has 1 saturated carbocycles. The quantitative estimate of drug-likeness (QED) is 0.513. The van der Waals surface area contributed by atoms with Crippen molar-refractivity contribution in [2.75, 3.05) is 6.79 Å². The lowest BCUT2D eigenvalue weighted by molar-refractivity contribution is -0.117. The van der Waals surface area contributed by atoms with Crippen molar-refractivity contribution in [2.45, 2.75) is 44.6 Å². The van der Waals surface area contributed by atoms with Crippen LogP contribution < -0.4 is 14.8 Å². The highest BCUT2D eigenvalue weighted by Gasteiger charge is 2.19. The Bertz CT molecular complexity index is 701. The highest BCUT2D eigenvalue weighted by Crippen LogP contribution is 2.37. The molecule has 1 N–H and O–H groups in total. The van der Waals surface area contributed by atoms with E-state index < -0.39 is 0 Å². The predicted octanol–water partition coefficient (Wildman–Crippen LogP) is 3.81. The van der Waals surface area contributed by atoms with Gasteiger partial charge in [-0.1, -0.05) is 37.3 Å². The zero-order valence-electron chi connectivity index (χ0n) is 13.3. The predicted molar refractivity (Wildman–Crippen MR) is 90.8 cm³/mol. The van der Waals surface area contributed by atoms with E-state index in [1.807, 2.05) is 6.07 Å². The maximum Gasteiger partial charge on any atom is 0.262 e. The van der Waals surface area contributed by atoms with Crippen LogP contribution in [0.2, 0.25) is 5.02 Å². The Morgan fingerprint density at radius 1 is 1.21 bits per heavy atom. The Kier molecular flexibility index (Phi) is 5.27. The third kappa shape index (κ3) is 3.82. The molecule has 24 heavy (non-hydrogen) atoms. The van der Waals surface area contributed by atoms with Crippen molar-refractivity contribution in [1.29, 1.82) is 5.26 Å². The molecule has 3 rings (SSSR count). The molecule has 5 nitrogen and oxygen atoms in total. The lowest BCUT2D eigenvalue weighted by Crippen LogP contribution is -2.35. The lowest BCUT2D eigenvalue weighted by Gasteiger charge is -2.15. The summed E-state index contributed by atoms with van der Waals surface area (Å²) in [7, 11) is 0. The number of hydrogen-bond donors (Lipinski definition) is 1. The van der Waals surface area contributed by atoms with E-state index >= 15 is 0 Å². The highest BCUT2D eigenvalue weighted by molar-refractivity contribution is 6.32. The van der Waals surface area contributed by atoms with E-state index in [4.69, 9.17) is 21.1 Å². The van der Waals surface area contributed by atoms with Crippen LogP contribution in [0.5, 0.6) is 11.5 Å². The van der Waals surface area contributed by atoms with Crippen LogP contribution in [0, 0.1) is 11.3 Å². The van der Waals surface area contributed by atoms with Crippen molar-refractivity contribution >= 4 is 23.6 Å². The molecular formula is C18H19ClN2O3. The molecule has 1 amide bonds. The number of halogens is 1. The molecule has 0 saturated heterocycles. The summed E-state index contributed by atoms with van der Waals surface area (Å²) in [6.07, 6.45) is 8.08. The second-order valence-electron chi connectivity index (χ2n) is 6.06. The van der Waals surface area contributed by atoms with Gasteiger partial charge in [-0.15, -0.1) is 0 Å². The normalized spacial score (nSPS) is 17.9. The lowest BCUT2D eigenvalue weighted by atomic mass is 10.1. The first kappa shape index (κ1) is 16.7. The van der Waals surface area contributed by atoms with E-state index in [9.17, 15) is 10.1 Å². The summed E-state index contributed by atoms with van der Waals surface area (Å²) in [5.41, 5.74) is 0.605. The number of hydrogen-bond acceptors (Lipinski definition) is 4. The van der Waals surface area contributed by atoms with Crippen LogP contribution in [-0.4, -0.2) is 18.7 Å². The molecule has 1 aromatic rings. The Hall–Kier alpha value is -2.19. The Labute approximate surface area is 146 Å². The Morgan fingerprint density at radius 3 is 2.54 bits per heavy atom. The molecule has 1 heterocycles. The van der Waals surface area contributed by atoms with Crippen LogP contribution in [-0.2, 0) is 4.79 Å². The van der Waals surface area contributed by atoms with Crippen molar-refractivity contribution in [3.05, 3.63) is 28.3 Å². The van der Waals surface area contributed by atoms with Gasteiger partial charge in [0.2, 0.25) is 6.79 Å². The Balaban J connectivity index is 1.76. The number of carbonyl (C=O) groups is 1. The standard InChI is InChI=1S/C18H19ClN2O3/c19-15-9-17-16(23-11-24-17)8-12(15)7-13(10-20)18(22)21-14-5-3-1-2-4-6-14/h7-9,14H,1-6,11H2,(H,21,22). The SMILES string of the molecule is N#CC(=Cc1cc2c(cc1Cl)OCO2)C(=O)NC1CCCCCC1. The molecule has 1 fully saturated rings. The molecule has 0 spiro atoms. The monoisotopic (exact) mass is 346 g/mol. The summed E-state index contributed by atoms with van der Waals surface area (Å²) in [5, 5.41) is 12.7. The summed E-state index contributed by atoms with van der Waals surface area (Å²) >= 11 is 6.21. The summed E-state index contributed by atoms with van der Waals surface area (Å²) < 4.78 is 10.6. The fourth-order valence-electron chi connectivity index (χ4n) is 3.03. The first-order valence-corrected chi connectivity index (χ1v) is 8.57. The molecule has 126 valence electrons. The minimum absolute atomic E-state index is 0.0417. The van der Waals surface area contributed by atoms with Crippen LogP contribution in [0.3, 0.4) is 0 Å². The van der Waals surface area contributed by atoms with Gasteiger partial charge in [0.1, 0.15) is 11.6 Å². The van der Waals surface area contributed by atoms with Crippen molar-refractivity contribution in [3.8, 4) is 17.6 Å². The molecule has 0 aromatic heterocycles. The topological polar surface area (TPSA) is 71.3 Å². The Morgan fingerprint density at radius 2 is 1.88 bits per heavy atom. The zero-order valence-corrected chi connectivity index (χ0v) is 14.1. The number of benzene rings is 1. The number of nitrogens with zero attached hydrogens (tertiary/aromatic N) is 1. The fourth-order valence-corrected chi connectivity index (χ4v) is 3.24. The summed E-state index contributed by atoms with van der Waals surface area (Å²) in [6.45, 7) is 0.145. The molecule has 1 aliphatic heterocycles. The second kappa shape index (κ2) is 7.59. The molecule has 0 atom stereocenters.